The average molecular weight is 461 g/mol. The lowest BCUT2D eigenvalue weighted by Crippen LogP contribution is -2.18. The number of nitrogens with zero attached hydrogens (tertiary/aromatic N) is 2. The lowest BCUT2D eigenvalue weighted by atomic mass is 10.2. The Morgan fingerprint density at radius 3 is 2.50 bits per heavy atom. The molecule has 0 heterocycles. The van der Waals surface area contributed by atoms with E-state index in [2.05, 4.69) is 5.10 Å². The second-order valence-corrected chi connectivity index (χ2v) is 7.61. The Bertz CT molecular complexity index is 911. The van der Waals surface area contributed by atoms with Crippen LogP contribution in [0.2, 0.25) is 0 Å². The summed E-state index contributed by atoms with van der Waals surface area (Å²) in [6, 6.07) is 8.45. The number of hydrazone groups is 1. The van der Waals surface area contributed by atoms with Crippen molar-refractivity contribution in [3.63, 3.8) is 0 Å². The van der Waals surface area contributed by atoms with Crippen molar-refractivity contribution >= 4 is 44.5 Å². The van der Waals surface area contributed by atoms with Gasteiger partial charge in [0.1, 0.15) is 5.75 Å². The Morgan fingerprint density at radius 1 is 1.29 bits per heavy atom. The Hall–Kier alpha value is -2.21. The lowest BCUT2D eigenvalue weighted by Gasteiger charge is -2.04. The van der Waals surface area contributed by atoms with Gasteiger partial charge >= 0.3 is 0 Å². The van der Waals surface area contributed by atoms with E-state index in [-0.39, 0.29) is 25.5 Å². The molecular weight excluding hydrogens is 449 g/mol. The number of hydrogen-bond donors (Lipinski definition) is 2. The quantitative estimate of drug-likeness (QED) is 0.307. The molecule has 0 spiro atoms. The van der Waals surface area contributed by atoms with Gasteiger partial charge in [0.05, 0.1) is 19.6 Å². The van der Waals surface area contributed by atoms with Crippen molar-refractivity contribution in [1.82, 2.24) is 4.83 Å². The summed E-state index contributed by atoms with van der Waals surface area (Å²) in [7, 11) is -3.86. The summed E-state index contributed by atoms with van der Waals surface area (Å²) in [5, 5.41) is 24.3. The van der Waals surface area contributed by atoms with Crippen molar-refractivity contribution in [3.05, 3.63) is 61.2 Å². The first-order valence-corrected chi connectivity index (χ1v) is 9.05. The zero-order chi connectivity index (χ0) is 17.9. The molecule has 0 radical (unpaired) electrons. The topological polar surface area (TPSA) is 122 Å². The Morgan fingerprint density at radius 2 is 1.92 bits per heavy atom. The number of phenols is 1. The molecule has 0 bridgehead atoms. The van der Waals surface area contributed by atoms with Crippen molar-refractivity contribution < 1.29 is 18.4 Å². The number of rotatable bonds is 5. The number of phenolic OH excluding ortho intramolecular Hbond substituents is 1. The molecule has 10 heteroatoms. The maximum atomic E-state index is 12.1. The fraction of sp³-hybridized carbons (Fsp3) is 0.0714. The van der Waals surface area contributed by atoms with Crippen LogP contribution in [0, 0.1) is 20.6 Å². The summed E-state index contributed by atoms with van der Waals surface area (Å²) in [5.41, 5.74) is 0.703. The highest BCUT2D eigenvalue weighted by Gasteiger charge is 2.15. The first-order valence-electron chi connectivity index (χ1n) is 6.49. The minimum Gasteiger partial charge on any atom is -0.506 e. The number of halogens is 1. The molecular formula is C14H12IN3O5S. The molecule has 0 aliphatic heterocycles. The van der Waals surface area contributed by atoms with Gasteiger partial charge in [-0.05, 0) is 41.6 Å². The number of aryl methyl sites for hydroxylation is 1. The van der Waals surface area contributed by atoms with Crippen LogP contribution >= 0.6 is 22.6 Å². The van der Waals surface area contributed by atoms with Crippen LogP contribution in [0.15, 0.2) is 46.4 Å². The van der Waals surface area contributed by atoms with Crippen LogP contribution in [0.25, 0.3) is 0 Å². The molecule has 24 heavy (non-hydrogen) atoms. The van der Waals surface area contributed by atoms with E-state index < -0.39 is 14.9 Å². The number of non-ortho nitro benzene ring substituents is 1. The molecule has 0 saturated carbocycles. The Balaban J connectivity index is 2.25. The molecule has 0 saturated heterocycles. The van der Waals surface area contributed by atoms with Gasteiger partial charge in [0.25, 0.3) is 15.7 Å². The van der Waals surface area contributed by atoms with E-state index in [1.54, 1.807) is 34.7 Å². The van der Waals surface area contributed by atoms with Gasteiger partial charge in [0.15, 0.2) is 0 Å². The number of hydrogen-bond acceptors (Lipinski definition) is 6. The van der Waals surface area contributed by atoms with Crippen LogP contribution in [0.3, 0.4) is 0 Å². The molecule has 0 unspecified atom stereocenters. The van der Waals surface area contributed by atoms with Crippen LogP contribution < -0.4 is 4.83 Å². The van der Waals surface area contributed by atoms with E-state index in [0.717, 1.165) is 17.8 Å². The molecule has 0 aliphatic rings. The number of benzene rings is 2. The minimum absolute atomic E-state index is 0.0280. The van der Waals surface area contributed by atoms with Gasteiger partial charge in [-0.1, -0.05) is 17.7 Å². The van der Waals surface area contributed by atoms with Crippen LogP contribution in [0.5, 0.6) is 5.75 Å². The van der Waals surface area contributed by atoms with Crippen molar-refractivity contribution in [3.8, 4) is 5.75 Å². The van der Waals surface area contributed by atoms with Gasteiger partial charge in [0, 0.05) is 17.7 Å². The van der Waals surface area contributed by atoms with E-state index in [1.807, 2.05) is 11.8 Å². The fourth-order valence-electron chi connectivity index (χ4n) is 1.74. The molecule has 0 aromatic heterocycles. The van der Waals surface area contributed by atoms with Crippen LogP contribution in [-0.2, 0) is 10.0 Å². The highest BCUT2D eigenvalue weighted by molar-refractivity contribution is 14.1. The molecule has 2 N–H and O–H groups in total. The smallest absolute Gasteiger partial charge is 0.276 e. The first-order chi connectivity index (χ1) is 11.2. The van der Waals surface area contributed by atoms with E-state index in [1.165, 1.54) is 18.2 Å². The first kappa shape index (κ1) is 18.1. The van der Waals surface area contributed by atoms with Crippen LogP contribution in [0.1, 0.15) is 11.1 Å². The highest BCUT2D eigenvalue weighted by Crippen LogP contribution is 2.28. The summed E-state index contributed by atoms with van der Waals surface area (Å²) < 4.78 is 24.4. The molecule has 2 rings (SSSR count). The third kappa shape index (κ3) is 4.20. The van der Waals surface area contributed by atoms with Crippen molar-refractivity contribution in [2.75, 3.05) is 0 Å². The van der Waals surface area contributed by atoms with Gasteiger partial charge in [0.2, 0.25) is 0 Å². The van der Waals surface area contributed by atoms with E-state index in [9.17, 15) is 23.6 Å². The standard InChI is InChI=1S/C14H12IN3O5S/c1-9-2-4-12(5-3-9)24(22,23)17-16-8-10-6-11(18(20)21)7-13(15)14(10)19/h2-8,17,19H,1H3. The Kier molecular flexibility index (Phi) is 5.39. The van der Waals surface area contributed by atoms with Gasteiger partial charge in [-0.3, -0.25) is 10.1 Å². The highest BCUT2D eigenvalue weighted by atomic mass is 127. The summed E-state index contributed by atoms with van der Waals surface area (Å²) in [5.74, 6) is -0.223. The Labute approximate surface area is 151 Å². The number of sulfonamides is 1. The molecule has 0 atom stereocenters. The predicted octanol–water partition coefficient (Wildman–Crippen LogP) is 2.53. The van der Waals surface area contributed by atoms with Gasteiger partial charge < -0.3 is 5.11 Å². The molecule has 2 aromatic carbocycles. The average Bonchev–Trinajstić information content (AvgIpc) is 2.51. The predicted molar refractivity (Wildman–Crippen MR) is 96.6 cm³/mol. The summed E-state index contributed by atoms with van der Waals surface area (Å²) in [6.45, 7) is 1.83. The number of aromatic hydroxyl groups is 1. The van der Waals surface area contributed by atoms with Gasteiger partial charge in [-0.25, -0.2) is 4.83 Å². The monoisotopic (exact) mass is 461 g/mol. The normalized spacial score (nSPS) is 11.6. The molecule has 0 aliphatic carbocycles. The van der Waals surface area contributed by atoms with Crippen LogP contribution in [-0.4, -0.2) is 24.7 Å². The van der Waals surface area contributed by atoms with E-state index in [0.29, 0.717) is 0 Å². The largest absolute Gasteiger partial charge is 0.506 e. The maximum Gasteiger partial charge on any atom is 0.276 e. The summed E-state index contributed by atoms with van der Waals surface area (Å²) in [4.78, 5) is 12.2. The van der Waals surface area contributed by atoms with Crippen molar-refractivity contribution in [2.45, 2.75) is 11.8 Å². The maximum absolute atomic E-state index is 12.1. The van der Waals surface area contributed by atoms with Gasteiger partial charge in [-0.2, -0.15) is 13.5 Å². The molecule has 8 nitrogen and oxygen atoms in total. The number of nitro benzene ring substituents is 1. The summed E-state index contributed by atoms with van der Waals surface area (Å²) >= 11 is 1.73. The van der Waals surface area contributed by atoms with Gasteiger partial charge in [-0.15, -0.1) is 0 Å². The third-order valence-electron chi connectivity index (χ3n) is 3.00. The minimum atomic E-state index is -3.86. The van der Waals surface area contributed by atoms with Crippen molar-refractivity contribution in [2.24, 2.45) is 5.10 Å². The summed E-state index contributed by atoms with van der Waals surface area (Å²) in [6.07, 6.45) is 1.01. The lowest BCUT2D eigenvalue weighted by molar-refractivity contribution is -0.385. The fourth-order valence-corrected chi connectivity index (χ4v) is 3.17. The second-order valence-electron chi connectivity index (χ2n) is 4.79. The second kappa shape index (κ2) is 7.13. The SMILES string of the molecule is Cc1ccc(S(=O)(=O)NN=Cc2cc([N+](=O)[O-])cc(I)c2O)cc1. The third-order valence-corrected chi connectivity index (χ3v) is 5.06. The van der Waals surface area contributed by atoms with E-state index in [4.69, 9.17) is 0 Å². The number of nitrogens with one attached hydrogen (secondary N) is 1. The zero-order valence-electron chi connectivity index (χ0n) is 12.3. The molecule has 2 aromatic rings. The van der Waals surface area contributed by atoms with Crippen molar-refractivity contribution in [1.29, 1.82) is 0 Å². The number of nitro groups is 1. The van der Waals surface area contributed by atoms with Crippen LogP contribution in [0.4, 0.5) is 5.69 Å². The molecule has 0 fully saturated rings. The molecule has 126 valence electrons. The zero-order valence-corrected chi connectivity index (χ0v) is 15.3. The van der Waals surface area contributed by atoms with E-state index >= 15 is 0 Å². The molecule has 0 amide bonds.